The summed E-state index contributed by atoms with van der Waals surface area (Å²) in [5.41, 5.74) is 0. The molecule has 3 rings (SSSR count). The number of likely N-dealkylation sites (tertiary alicyclic amines) is 1. The van der Waals surface area contributed by atoms with E-state index in [4.69, 9.17) is 10.1 Å². The van der Waals surface area contributed by atoms with Crippen molar-refractivity contribution >= 4 is 5.84 Å². The third-order valence-corrected chi connectivity index (χ3v) is 3.91. The van der Waals surface area contributed by atoms with Gasteiger partial charge < -0.3 is 9.64 Å². The number of hydrogen-bond donors (Lipinski definition) is 1. The monoisotopic (exact) mass is 194 g/mol. The lowest BCUT2D eigenvalue weighted by Gasteiger charge is -2.25. The molecule has 78 valence electrons. The van der Waals surface area contributed by atoms with Crippen molar-refractivity contribution in [3.63, 3.8) is 0 Å². The summed E-state index contributed by atoms with van der Waals surface area (Å²) >= 11 is 0. The lowest BCUT2D eigenvalue weighted by Crippen LogP contribution is -2.34. The van der Waals surface area contributed by atoms with Crippen LogP contribution in [-0.4, -0.2) is 36.0 Å². The van der Waals surface area contributed by atoms with E-state index < -0.39 is 0 Å². The molecule has 3 fully saturated rings. The van der Waals surface area contributed by atoms with Gasteiger partial charge in [-0.05, 0) is 25.7 Å². The third kappa shape index (κ3) is 1.34. The fraction of sp³-hybridized carbons (Fsp3) is 0.909. The summed E-state index contributed by atoms with van der Waals surface area (Å²) in [5, 5.41) is 7.79. The maximum Gasteiger partial charge on any atom is 0.0958 e. The summed E-state index contributed by atoms with van der Waals surface area (Å²) in [6.07, 6.45) is 7.03. The van der Waals surface area contributed by atoms with Crippen LogP contribution in [0.5, 0.6) is 0 Å². The Morgan fingerprint density at radius 1 is 1.43 bits per heavy atom. The number of rotatable bonds is 2. The van der Waals surface area contributed by atoms with Crippen molar-refractivity contribution in [1.82, 2.24) is 4.90 Å². The maximum atomic E-state index is 7.79. The molecule has 0 aliphatic carbocycles. The molecule has 3 nitrogen and oxygen atoms in total. The smallest absolute Gasteiger partial charge is 0.0958 e. The lowest BCUT2D eigenvalue weighted by molar-refractivity contribution is 0.0892. The number of fused-ring (bicyclic) bond motifs is 2. The molecule has 1 N–H and O–H groups in total. The van der Waals surface area contributed by atoms with E-state index in [0.717, 1.165) is 25.3 Å². The molecule has 3 aliphatic rings. The number of nitrogens with zero attached hydrogens (tertiary/aromatic N) is 1. The molecule has 3 saturated heterocycles. The van der Waals surface area contributed by atoms with Crippen LogP contribution in [0.2, 0.25) is 0 Å². The van der Waals surface area contributed by atoms with Crippen LogP contribution >= 0.6 is 0 Å². The molecule has 0 aromatic rings. The van der Waals surface area contributed by atoms with Crippen molar-refractivity contribution in [2.75, 3.05) is 13.1 Å². The molecule has 0 aromatic carbocycles. The third-order valence-electron chi connectivity index (χ3n) is 3.91. The molecule has 3 heterocycles. The van der Waals surface area contributed by atoms with E-state index in [2.05, 4.69) is 4.90 Å². The number of hydrogen-bond acceptors (Lipinski definition) is 2. The first-order chi connectivity index (χ1) is 6.83. The molecule has 0 radical (unpaired) electrons. The molecule has 0 spiro atoms. The second kappa shape index (κ2) is 3.23. The molecule has 0 aromatic heterocycles. The van der Waals surface area contributed by atoms with Crippen LogP contribution in [0.1, 0.15) is 32.1 Å². The highest BCUT2D eigenvalue weighted by Gasteiger charge is 2.41. The molecular formula is C11H18N2O. The summed E-state index contributed by atoms with van der Waals surface area (Å²) in [7, 11) is 0. The standard InChI is InChI=1S/C11H18N2O/c12-11-2-1-5-13(11)7-8-6-9-3-4-10(8)14-9/h8-10,12H,1-7H2. The Balaban J connectivity index is 1.60. The zero-order chi connectivity index (χ0) is 9.54. The number of amidine groups is 1. The summed E-state index contributed by atoms with van der Waals surface area (Å²) < 4.78 is 5.83. The van der Waals surface area contributed by atoms with Crippen LogP contribution in [0, 0.1) is 11.3 Å². The first-order valence-corrected chi connectivity index (χ1v) is 5.81. The highest BCUT2D eigenvalue weighted by molar-refractivity contribution is 5.80. The van der Waals surface area contributed by atoms with Gasteiger partial charge in [0.2, 0.25) is 0 Å². The van der Waals surface area contributed by atoms with Crippen molar-refractivity contribution in [3.05, 3.63) is 0 Å². The molecule has 14 heavy (non-hydrogen) atoms. The van der Waals surface area contributed by atoms with Gasteiger partial charge in [0.25, 0.3) is 0 Å². The van der Waals surface area contributed by atoms with Gasteiger partial charge >= 0.3 is 0 Å². The minimum atomic E-state index is 0.522. The Bertz CT molecular complexity index is 254. The van der Waals surface area contributed by atoms with Crippen LogP contribution in [-0.2, 0) is 4.74 Å². The van der Waals surface area contributed by atoms with Gasteiger partial charge in [-0.1, -0.05) is 0 Å². The summed E-state index contributed by atoms with van der Waals surface area (Å²) in [6.45, 7) is 2.19. The topological polar surface area (TPSA) is 36.3 Å². The normalized spacial score (nSPS) is 41.3. The maximum absolute atomic E-state index is 7.79. The quantitative estimate of drug-likeness (QED) is 0.725. The van der Waals surface area contributed by atoms with Crippen LogP contribution < -0.4 is 0 Å². The highest BCUT2D eigenvalue weighted by Crippen LogP contribution is 2.39. The molecule has 3 aliphatic heterocycles. The van der Waals surface area contributed by atoms with Gasteiger partial charge in [0.05, 0.1) is 18.0 Å². The van der Waals surface area contributed by atoms with E-state index in [1.165, 1.54) is 25.7 Å². The van der Waals surface area contributed by atoms with Gasteiger partial charge in [-0.25, -0.2) is 0 Å². The van der Waals surface area contributed by atoms with E-state index in [9.17, 15) is 0 Å². The van der Waals surface area contributed by atoms with Crippen LogP contribution in [0.4, 0.5) is 0 Å². The predicted molar refractivity (Wildman–Crippen MR) is 54.5 cm³/mol. The van der Waals surface area contributed by atoms with E-state index in [1.54, 1.807) is 0 Å². The Morgan fingerprint density at radius 2 is 2.36 bits per heavy atom. The van der Waals surface area contributed by atoms with Crippen LogP contribution in [0.25, 0.3) is 0 Å². The van der Waals surface area contributed by atoms with Crippen molar-refractivity contribution in [2.45, 2.75) is 44.3 Å². The second-order valence-electron chi connectivity index (χ2n) is 4.87. The first-order valence-electron chi connectivity index (χ1n) is 5.81. The van der Waals surface area contributed by atoms with Crippen molar-refractivity contribution in [1.29, 1.82) is 5.41 Å². The minimum Gasteiger partial charge on any atom is -0.375 e. The zero-order valence-corrected chi connectivity index (χ0v) is 8.54. The lowest BCUT2D eigenvalue weighted by atomic mass is 9.89. The molecular weight excluding hydrogens is 176 g/mol. The molecule has 0 saturated carbocycles. The van der Waals surface area contributed by atoms with Gasteiger partial charge in [-0.15, -0.1) is 0 Å². The fourth-order valence-electron chi connectivity index (χ4n) is 3.15. The van der Waals surface area contributed by atoms with Gasteiger partial charge in [-0.2, -0.15) is 0 Å². The Hall–Kier alpha value is -0.570. The predicted octanol–water partition coefficient (Wildman–Crippen LogP) is 1.63. The summed E-state index contributed by atoms with van der Waals surface area (Å²) in [6, 6.07) is 0. The molecule has 0 amide bonds. The number of nitrogens with one attached hydrogen (secondary N) is 1. The summed E-state index contributed by atoms with van der Waals surface area (Å²) in [4.78, 5) is 2.26. The molecule has 3 unspecified atom stereocenters. The Labute approximate surface area is 84.9 Å². The van der Waals surface area contributed by atoms with Crippen LogP contribution in [0.3, 0.4) is 0 Å². The molecule has 3 heteroatoms. The second-order valence-corrected chi connectivity index (χ2v) is 4.87. The van der Waals surface area contributed by atoms with E-state index in [1.807, 2.05) is 0 Å². The van der Waals surface area contributed by atoms with Gasteiger partial charge in [-0.3, -0.25) is 5.41 Å². The van der Waals surface area contributed by atoms with Crippen molar-refractivity contribution < 1.29 is 4.74 Å². The van der Waals surface area contributed by atoms with Crippen molar-refractivity contribution in [2.24, 2.45) is 5.92 Å². The Kier molecular flexibility index (Phi) is 2.01. The first kappa shape index (κ1) is 8.72. The van der Waals surface area contributed by atoms with E-state index >= 15 is 0 Å². The Morgan fingerprint density at radius 3 is 2.93 bits per heavy atom. The average molecular weight is 194 g/mol. The molecule has 2 bridgehead atoms. The van der Waals surface area contributed by atoms with Crippen molar-refractivity contribution in [3.8, 4) is 0 Å². The van der Waals surface area contributed by atoms with Gasteiger partial charge in [0.15, 0.2) is 0 Å². The largest absolute Gasteiger partial charge is 0.375 e. The molecule has 3 atom stereocenters. The highest BCUT2D eigenvalue weighted by atomic mass is 16.5. The number of ether oxygens (including phenoxy) is 1. The van der Waals surface area contributed by atoms with E-state index in [0.29, 0.717) is 18.1 Å². The fourth-order valence-corrected chi connectivity index (χ4v) is 3.15. The van der Waals surface area contributed by atoms with Gasteiger partial charge in [0.1, 0.15) is 0 Å². The average Bonchev–Trinajstić information content (AvgIpc) is 2.83. The van der Waals surface area contributed by atoms with Crippen LogP contribution in [0.15, 0.2) is 0 Å². The summed E-state index contributed by atoms with van der Waals surface area (Å²) in [5.74, 6) is 1.57. The van der Waals surface area contributed by atoms with Gasteiger partial charge in [0, 0.05) is 25.4 Å². The van der Waals surface area contributed by atoms with E-state index in [-0.39, 0.29) is 0 Å². The SMILES string of the molecule is N=C1CCCN1CC1CC2CCC1O2. The zero-order valence-electron chi connectivity index (χ0n) is 8.54. The minimum absolute atomic E-state index is 0.522.